The maximum Gasteiger partial charge on any atom is 0.261 e. The number of H-pyrrole nitrogens is 1. The Morgan fingerprint density at radius 3 is 2.93 bits per heavy atom. The molecular formula is C22H24N4O2S. The van der Waals surface area contributed by atoms with E-state index >= 15 is 0 Å². The first-order valence-electron chi connectivity index (χ1n) is 9.87. The SMILES string of the molecule is O=C(NCc1cccs1)c1ccc(CN2CCCCC2c2cccnc2)[nH]c1=O. The number of rotatable bonds is 6. The standard InChI is InChI=1S/C22H24N4O2S/c27-21(24-14-18-6-4-12-29-18)19-9-8-17(25-22(19)28)15-26-11-2-1-7-20(26)16-5-3-10-23-13-16/h3-6,8-10,12-13,20H,1-2,7,11,14-15H2,(H,24,27)(H,25,28). The third kappa shape index (κ3) is 4.81. The highest BCUT2D eigenvalue weighted by Crippen LogP contribution is 2.31. The van der Waals surface area contributed by atoms with Gasteiger partial charge in [-0.05, 0) is 54.6 Å². The topological polar surface area (TPSA) is 78.1 Å². The Balaban J connectivity index is 1.44. The van der Waals surface area contributed by atoms with Crippen molar-refractivity contribution in [3.05, 3.63) is 86.2 Å². The Hall–Kier alpha value is -2.77. The summed E-state index contributed by atoms with van der Waals surface area (Å²) < 4.78 is 0. The normalized spacial score (nSPS) is 17.2. The van der Waals surface area contributed by atoms with Crippen LogP contribution in [0.2, 0.25) is 0 Å². The van der Waals surface area contributed by atoms with Crippen LogP contribution in [0.15, 0.2) is 59.0 Å². The molecule has 7 heteroatoms. The summed E-state index contributed by atoms with van der Waals surface area (Å²) in [6.07, 6.45) is 7.13. The third-order valence-corrected chi connectivity index (χ3v) is 6.15. The number of carbonyl (C=O) groups excluding carboxylic acids is 1. The van der Waals surface area contributed by atoms with E-state index in [2.05, 4.69) is 26.3 Å². The van der Waals surface area contributed by atoms with Crippen LogP contribution in [0.25, 0.3) is 0 Å². The number of amides is 1. The smallest absolute Gasteiger partial charge is 0.261 e. The fourth-order valence-corrected chi connectivity index (χ4v) is 4.46. The van der Waals surface area contributed by atoms with Gasteiger partial charge in [0.25, 0.3) is 11.5 Å². The molecule has 1 saturated heterocycles. The van der Waals surface area contributed by atoms with Gasteiger partial charge in [-0.25, -0.2) is 0 Å². The molecule has 1 fully saturated rings. The second kappa shape index (κ2) is 9.15. The average Bonchev–Trinajstić information content (AvgIpc) is 3.27. The van der Waals surface area contributed by atoms with Gasteiger partial charge in [-0.15, -0.1) is 11.3 Å². The Labute approximate surface area is 173 Å². The molecular weight excluding hydrogens is 384 g/mol. The number of nitrogens with zero attached hydrogens (tertiary/aromatic N) is 2. The average molecular weight is 409 g/mol. The molecule has 0 bridgehead atoms. The molecule has 1 amide bonds. The summed E-state index contributed by atoms with van der Waals surface area (Å²) in [4.78, 5) is 35.4. The summed E-state index contributed by atoms with van der Waals surface area (Å²) in [5.41, 5.74) is 1.83. The molecule has 3 aromatic heterocycles. The highest BCUT2D eigenvalue weighted by Gasteiger charge is 2.24. The predicted octanol–water partition coefficient (Wildman–Crippen LogP) is 3.49. The summed E-state index contributed by atoms with van der Waals surface area (Å²) in [7, 11) is 0. The van der Waals surface area contributed by atoms with Crippen LogP contribution in [0.1, 0.15) is 51.8 Å². The lowest BCUT2D eigenvalue weighted by atomic mass is 9.96. The van der Waals surface area contributed by atoms with Crippen molar-refractivity contribution in [1.82, 2.24) is 20.2 Å². The second-order valence-electron chi connectivity index (χ2n) is 7.26. The maximum atomic E-state index is 12.5. The lowest BCUT2D eigenvalue weighted by Gasteiger charge is -2.35. The van der Waals surface area contributed by atoms with Crippen molar-refractivity contribution >= 4 is 17.2 Å². The minimum absolute atomic E-state index is 0.146. The molecule has 3 aromatic rings. The van der Waals surface area contributed by atoms with Gasteiger partial charge in [0.1, 0.15) is 5.56 Å². The molecule has 1 aliphatic rings. The van der Waals surface area contributed by atoms with Crippen LogP contribution in [0.5, 0.6) is 0 Å². The first-order valence-corrected chi connectivity index (χ1v) is 10.8. The van der Waals surface area contributed by atoms with Crippen LogP contribution in [-0.4, -0.2) is 27.3 Å². The molecule has 0 radical (unpaired) electrons. The molecule has 1 aliphatic heterocycles. The molecule has 0 saturated carbocycles. The van der Waals surface area contributed by atoms with Crippen molar-refractivity contribution < 1.29 is 4.79 Å². The number of aromatic amines is 1. The van der Waals surface area contributed by atoms with Crippen LogP contribution in [-0.2, 0) is 13.1 Å². The maximum absolute atomic E-state index is 12.5. The van der Waals surface area contributed by atoms with E-state index < -0.39 is 0 Å². The highest BCUT2D eigenvalue weighted by atomic mass is 32.1. The van der Waals surface area contributed by atoms with Crippen molar-refractivity contribution in [2.45, 2.75) is 38.4 Å². The fourth-order valence-electron chi connectivity index (χ4n) is 3.81. The quantitative estimate of drug-likeness (QED) is 0.655. The molecule has 4 heterocycles. The summed E-state index contributed by atoms with van der Waals surface area (Å²) in [6.45, 7) is 2.05. The van der Waals surface area contributed by atoms with Crippen LogP contribution in [0, 0.1) is 0 Å². The zero-order valence-electron chi connectivity index (χ0n) is 16.1. The predicted molar refractivity (Wildman–Crippen MR) is 114 cm³/mol. The number of likely N-dealkylation sites (tertiary alicyclic amines) is 1. The molecule has 0 aromatic carbocycles. The van der Waals surface area contributed by atoms with E-state index in [1.807, 2.05) is 35.8 Å². The van der Waals surface area contributed by atoms with Crippen LogP contribution in [0.4, 0.5) is 0 Å². The largest absolute Gasteiger partial charge is 0.347 e. The van der Waals surface area contributed by atoms with Crippen LogP contribution < -0.4 is 10.9 Å². The van der Waals surface area contributed by atoms with Gasteiger partial charge in [0.05, 0.1) is 6.54 Å². The number of aromatic nitrogens is 2. The van der Waals surface area contributed by atoms with E-state index in [1.54, 1.807) is 23.6 Å². The Bertz CT molecular complexity index is 1000. The summed E-state index contributed by atoms with van der Waals surface area (Å²) in [6, 6.07) is 11.7. The van der Waals surface area contributed by atoms with Gasteiger partial charge in [0.15, 0.2) is 0 Å². The lowest BCUT2D eigenvalue weighted by molar-refractivity contribution is 0.0949. The Morgan fingerprint density at radius 2 is 2.17 bits per heavy atom. The fraction of sp³-hybridized carbons (Fsp3) is 0.318. The van der Waals surface area contributed by atoms with E-state index in [4.69, 9.17) is 0 Å². The lowest BCUT2D eigenvalue weighted by Crippen LogP contribution is -2.34. The summed E-state index contributed by atoms with van der Waals surface area (Å²) in [5.74, 6) is -0.350. The van der Waals surface area contributed by atoms with Crippen molar-refractivity contribution in [1.29, 1.82) is 0 Å². The van der Waals surface area contributed by atoms with E-state index in [0.717, 1.165) is 30.0 Å². The van der Waals surface area contributed by atoms with Crippen molar-refractivity contribution in [3.8, 4) is 0 Å². The zero-order valence-corrected chi connectivity index (χ0v) is 17.0. The molecule has 1 atom stereocenters. The number of pyridine rings is 2. The Kier molecular flexibility index (Phi) is 6.17. The van der Waals surface area contributed by atoms with Crippen LogP contribution >= 0.6 is 11.3 Å². The molecule has 29 heavy (non-hydrogen) atoms. The first-order chi connectivity index (χ1) is 14.2. The van der Waals surface area contributed by atoms with Crippen LogP contribution in [0.3, 0.4) is 0 Å². The summed E-state index contributed by atoms with van der Waals surface area (Å²) >= 11 is 1.57. The number of hydrogen-bond donors (Lipinski definition) is 2. The van der Waals surface area contributed by atoms with E-state index in [-0.39, 0.29) is 17.0 Å². The molecule has 150 valence electrons. The van der Waals surface area contributed by atoms with Gasteiger partial charge >= 0.3 is 0 Å². The summed E-state index contributed by atoms with van der Waals surface area (Å²) in [5, 5.41) is 4.77. The minimum Gasteiger partial charge on any atom is -0.347 e. The first kappa shape index (κ1) is 19.5. The number of hydrogen-bond acceptors (Lipinski definition) is 5. The van der Waals surface area contributed by atoms with E-state index in [1.165, 1.54) is 12.0 Å². The second-order valence-corrected chi connectivity index (χ2v) is 8.29. The van der Waals surface area contributed by atoms with Gasteiger partial charge < -0.3 is 10.3 Å². The molecule has 1 unspecified atom stereocenters. The van der Waals surface area contributed by atoms with Gasteiger partial charge in [-0.2, -0.15) is 0 Å². The van der Waals surface area contributed by atoms with Gasteiger partial charge in [0.2, 0.25) is 0 Å². The van der Waals surface area contributed by atoms with E-state index in [9.17, 15) is 9.59 Å². The third-order valence-electron chi connectivity index (χ3n) is 5.27. The molecule has 0 spiro atoms. The molecule has 0 aliphatic carbocycles. The number of thiophene rings is 1. The number of nitrogens with one attached hydrogen (secondary N) is 2. The molecule has 4 rings (SSSR count). The van der Waals surface area contributed by atoms with E-state index in [0.29, 0.717) is 19.1 Å². The Morgan fingerprint density at radius 1 is 1.24 bits per heavy atom. The number of piperidine rings is 1. The van der Waals surface area contributed by atoms with Gasteiger partial charge in [-0.1, -0.05) is 18.6 Å². The monoisotopic (exact) mass is 408 g/mol. The minimum atomic E-state index is -0.350. The zero-order chi connectivity index (χ0) is 20.1. The number of carbonyl (C=O) groups is 1. The molecule has 2 N–H and O–H groups in total. The van der Waals surface area contributed by atoms with Crippen molar-refractivity contribution in [2.75, 3.05) is 6.54 Å². The molecule has 6 nitrogen and oxygen atoms in total. The van der Waals surface area contributed by atoms with Gasteiger partial charge in [-0.3, -0.25) is 19.5 Å². The van der Waals surface area contributed by atoms with Crippen molar-refractivity contribution in [3.63, 3.8) is 0 Å². The van der Waals surface area contributed by atoms with Gasteiger partial charge in [0, 0.05) is 35.6 Å². The van der Waals surface area contributed by atoms with Crippen molar-refractivity contribution in [2.24, 2.45) is 0 Å². The highest BCUT2D eigenvalue weighted by molar-refractivity contribution is 7.09.